The molecule has 0 saturated heterocycles. The summed E-state index contributed by atoms with van der Waals surface area (Å²) in [5.74, 6) is -1.09. The fraction of sp³-hybridized carbons (Fsp3) is 0.219. The van der Waals surface area contributed by atoms with E-state index in [0.717, 1.165) is 18.4 Å². The van der Waals surface area contributed by atoms with E-state index in [2.05, 4.69) is 38.7 Å². The molecular formula is C32H28F2N8. The van der Waals surface area contributed by atoms with E-state index in [9.17, 15) is 16.3 Å². The van der Waals surface area contributed by atoms with Gasteiger partial charge in [0.25, 0.3) is 0 Å². The Labute approximate surface area is 243 Å². The molecule has 0 amide bonds. The molecule has 0 spiro atoms. The van der Waals surface area contributed by atoms with Crippen LogP contribution in [0.2, 0.25) is 0 Å². The minimum absolute atomic E-state index is 0.0521. The molecule has 1 saturated carbocycles. The Morgan fingerprint density at radius 1 is 1.05 bits per heavy atom. The maximum atomic E-state index is 15.7. The molecule has 3 aromatic carbocycles. The van der Waals surface area contributed by atoms with Crippen LogP contribution in [-0.2, 0) is 0 Å². The number of hydrazine groups is 2. The molecule has 1 aliphatic carbocycles. The summed E-state index contributed by atoms with van der Waals surface area (Å²) in [7, 11) is 0. The molecule has 8 nitrogen and oxygen atoms in total. The van der Waals surface area contributed by atoms with Gasteiger partial charge >= 0.3 is 0 Å². The number of fused-ring (bicyclic) bond motifs is 1. The molecule has 6 rings (SSSR count). The van der Waals surface area contributed by atoms with Crippen molar-refractivity contribution in [1.82, 2.24) is 21.0 Å². The summed E-state index contributed by atoms with van der Waals surface area (Å²) in [6.07, 6.45) is 5.88. The van der Waals surface area contributed by atoms with Gasteiger partial charge in [-0.25, -0.2) is 8.78 Å². The Hall–Kier alpha value is -5.19. The predicted octanol–water partition coefficient (Wildman–Crippen LogP) is 6.32. The summed E-state index contributed by atoms with van der Waals surface area (Å²) in [6.45, 7) is 0. The van der Waals surface area contributed by atoms with Gasteiger partial charge in [0.15, 0.2) is 5.82 Å². The van der Waals surface area contributed by atoms with Crippen molar-refractivity contribution in [3.63, 3.8) is 0 Å². The maximum Gasteiger partial charge on any atom is 0.151 e. The number of nitriles is 2. The largest absolute Gasteiger partial charge is 0.377 e. The van der Waals surface area contributed by atoms with Crippen LogP contribution in [0.25, 0.3) is 10.9 Å². The van der Waals surface area contributed by atoms with E-state index >= 15 is 4.39 Å². The number of nitrogens with zero attached hydrogens (tertiary/aromatic N) is 4. The Balaban J connectivity index is 1.44. The highest BCUT2D eigenvalue weighted by Crippen LogP contribution is 2.36. The van der Waals surface area contributed by atoms with Crippen LogP contribution in [0.5, 0.6) is 0 Å². The number of hydrogen-bond acceptors (Lipinski definition) is 8. The van der Waals surface area contributed by atoms with Crippen LogP contribution in [0.4, 0.5) is 20.2 Å². The summed E-state index contributed by atoms with van der Waals surface area (Å²) in [5, 5.41) is 28.0. The van der Waals surface area contributed by atoms with Crippen molar-refractivity contribution in [2.45, 2.75) is 43.8 Å². The summed E-state index contributed by atoms with van der Waals surface area (Å²) in [4.78, 5) is 4.23. The van der Waals surface area contributed by atoms with E-state index in [4.69, 9.17) is 0 Å². The molecule has 1 fully saturated rings. The maximum absolute atomic E-state index is 15.7. The average Bonchev–Trinajstić information content (AvgIpc) is 3.75. The number of aromatic nitrogens is 1. The summed E-state index contributed by atoms with van der Waals surface area (Å²) < 4.78 is 39.1. The Morgan fingerprint density at radius 2 is 1.83 bits per heavy atom. The van der Waals surface area contributed by atoms with Crippen LogP contribution in [0.3, 0.4) is 0 Å². The highest BCUT2D eigenvalue weighted by Gasteiger charge is 2.32. The molecule has 4 N–H and O–H groups in total. The minimum Gasteiger partial charge on any atom is -0.377 e. The molecule has 42 heavy (non-hydrogen) atoms. The lowest BCUT2D eigenvalue weighted by Crippen LogP contribution is -2.38. The molecule has 1 unspecified atom stereocenters. The third-order valence-electron chi connectivity index (χ3n) is 7.31. The summed E-state index contributed by atoms with van der Waals surface area (Å²) in [5.41, 5.74) is 8.79. The second-order valence-electron chi connectivity index (χ2n) is 10.2. The Bertz CT molecular complexity index is 1760. The molecule has 2 aliphatic rings. The predicted molar refractivity (Wildman–Crippen MR) is 156 cm³/mol. The van der Waals surface area contributed by atoms with Gasteiger partial charge in [-0.05, 0) is 54.7 Å². The van der Waals surface area contributed by atoms with Gasteiger partial charge in [0, 0.05) is 35.9 Å². The van der Waals surface area contributed by atoms with Crippen molar-refractivity contribution in [3.05, 3.63) is 113 Å². The highest BCUT2D eigenvalue weighted by molar-refractivity contribution is 5.96. The molecular weight excluding hydrogens is 534 g/mol. The zero-order valence-corrected chi connectivity index (χ0v) is 22.5. The normalized spacial score (nSPS) is 16.8. The first kappa shape index (κ1) is 25.8. The van der Waals surface area contributed by atoms with Crippen LogP contribution >= 0.6 is 0 Å². The second kappa shape index (κ2) is 11.7. The lowest BCUT2D eigenvalue weighted by atomic mass is 10.00. The van der Waals surface area contributed by atoms with Gasteiger partial charge in [0.2, 0.25) is 0 Å². The van der Waals surface area contributed by atoms with Crippen LogP contribution in [0, 0.1) is 34.3 Å². The van der Waals surface area contributed by atoms with Gasteiger partial charge in [-0.15, -0.1) is 5.53 Å². The van der Waals surface area contributed by atoms with Crippen molar-refractivity contribution < 1.29 is 10.2 Å². The monoisotopic (exact) mass is 563 g/mol. The topological polar surface area (TPSA) is 112 Å². The Morgan fingerprint density at radius 3 is 2.55 bits per heavy atom. The first-order valence-corrected chi connectivity index (χ1v) is 13.7. The fourth-order valence-electron chi connectivity index (χ4n) is 5.02. The molecule has 0 bridgehead atoms. The number of nitrogens with one attached hydrogen (secondary N) is 4. The van der Waals surface area contributed by atoms with Gasteiger partial charge in [-0.1, -0.05) is 42.5 Å². The number of hydrogen-bond donors (Lipinski definition) is 4. The third-order valence-corrected chi connectivity index (χ3v) is 7.31. The van der Waals surface area contributed by atoms with Crippen LogP contribution in [0.15, 0.2) is 84.8 Å². The number of pyridine rings is 1. The molecule has 1 aliphatic heterocycles. The molecule has 2 atom stereocenters. The van der Waals surface area contributed by atoms with Gasteiger partial charge in [-0.2, -0.15) is 10.5 Å². The van der Waals surface area contributed by atoms with E-state index < -0.39 is 17.7 Å². The molecule has 10 heteroatoms. The zero-order valence-electron chi connectivity index (χ0n) is 23.5. The molecule has 210 valence electrons. The van der Waals surface area contributed by atoms with Gasteiger partial charge < -0.3 is 16.1 Å². The average molecular weight is 564 g/mol. The summed E-state index contributed by atoms with van der Waals surface area (Å²) in [6, 6.07) is 20.6. The van der Waals surface area contributed by atoms with Crippen molar-refractivity contribution in [2.24, 2.45) is 0 Å². The molecule has 2 heterocycles. The highest BCUT2D eigenvalue weighted by atomic mass is 19.1. The zero-order chi connectivity index (χ0) is 30.0. The van der Waals surface area contributed by atoms with E-state index in [1.54, 1.807) is 12.3 Å². The van der Waals surface area contributed by atoms with Gasteiger partial charge in [0.1, 0.15) is 17.4 Å². The minimum atomic E-state index is -1.67. The van der Waals surface area contributed by atoms with E-state index in [1.807, 2.05) is 35.3 Å². The van der Waals surface area contributed by atoms with E-state index in [1.165, 1.54) is 36.5 Å². The van der Waals surface area contributed by atoms with Crippen molar-refractivity contribution in [1.29, 1.82) is 10.5 Å². The molecule has 1 aromatic heterocycles. The van der Waals surface area contributed by atoms with Crippen molar-refractivity contribution >= 4 is 22.3 Å². The third kappa shape index (κ3) is 5.67. The van der Waals surface area contributed by atoms with Gasteiger partial charge in [-0.3, -0.25) is 9.99 Å². The van der Waals surface area contributed by atoms with Crippen LogP contribution in [-0.4, -0.2) is 16.0 Å². The smallest absolute Gasteiger partial charge is 0.151 e. The Kier molecular flexibility index (Phi) is 7.20. The molecule has 0 radical (unpaired) electrons. The van der Waals surface area contributed by atoms with E-state index in [-0.39, 0.29) is 29.2 Å². The fourth-order valence-corrected chi connectivity index (χ4v) is 5.02. The molecule has 4 aromatic rings. The lowest BCUT2D eigenvalue weighted by molar-refractivity contribution is 0.260. The van der Waals surface area contributed by atoms with Crippen molar-refractivity contribution in [3.8, 4) is 12.1 Å². The second-order valence-corrected chi connectivity index (χ2v) is 10.2. The van der Waals surface area contributed by atoms with Crippen molar-refractivity contribution in [2.75, 3.05) is 10.6 Å². The van der Waals surface area contributed by atoms with Crippen LogP contribution < -0.4 is 21.6 Å². The van der Waals surface area contributed by atoms with E-state index in [0.29, 0.717) is 34.8 Å². The number of benzene rings is 3. The lowest BCUT2D eigenvalue weighted by Gasteiger charge is -2.23. The van der Waals surface area contributed by atoms with Gasteiger partial charge in [0.05, 0.1) is 36.4 Å². The number of rotatable bonds is 10. The summed E-state index contributed by atoms with van der Waals surface area (Å²) >= 11 is 0. The van der Waals surface area contributed by atoms with Crippen LogP contribution in [0.1, 0.15) is 55.8 Å². The SMILES string of the molecule is [2H][C@](Nc1cc(F)c2ncc(C#N)c(NC(CCC#N)c3ccccc3)c2c1)(C1=CN(C2CC2)NN1)c1ccc(F)cc1. The number of anilines is 2. The first-order chi connectivity index (χ1) is 20.9. The standard InChI is InChI=1S/C32H28F2N8/c33-23-10-8-21(9-11-23)31(29-19-42(41-40-29)25-12-13-25)38-24-15-26-30(22(17-36)18-37-32(26)27(34)16-24)39-28(7-4-14-35)20-5-2-1-3-6-20/h1-3,5-6,8-11,15-16,18-19,25,28,31,38,40-41H,4,7,12-13H2,(H,37,39)/t28?,31-/m1/s1/i31D. The number of halogens is 2. The quantitative estimate of drug-likeness (QED) is 0.177. The first-order valence-electron chi connectivity index (χ1n) is 14.2.